The summed E-state index contributed by atoms with van der Waals surface area (Å²) in [5, 5.41) is 0.784. The summed E-state index contributed by atoms with van der Waals surface area (Å²) in [4.78, 5) is 2.61. The van der Waals surface area contributed by atoms with Gasteiger partial charge in [-0.2, -0.15) is 0 Å². The number of nitrogens with zero attached hydrogens (tertiary/aromatic N) is 1. The maximum atomic E-state index is 6.74. The van der Waals surface area contributed by atoms with Crippen molar-refractivity contribution in [1.82, 2.24) is 0 Å². The van der Waals surface area contributed by atoms with Crippen LogP contribution in [0.4, 0.5) is 11.4 Å². The minimum absolute atomic E-state index is 0.00152. The second-order valence-corrected chi connectivity index (χ2v) is 10.7. The highest BCUT2D eigenvalue weighted by atomic mass is 35.5. The molecule has 0 spiro atoms. The number of fused-ring (bicyclic) bond motifs is 3. The standard InChI is InChI=1S/C32H30ClN/c1-31-17-9-10-18-32(31,2)34(28-20-26(19-27(33)22-28)24-13-7-4-8-14-24)30-16-15-25(21-29(30)31)23-11-5-3-6-12-23/h3-8,11-16,19-22H,9-10,17-18H2,1-2H3. The summed E-state index contributed by atoms with van der Waals surface area (Å²) in [6.45, 7) is 4.96. The molecule has 4 aromatic rings. The Balaban J connectivity index is 1.55. The van der Waals surface area contributed by atoms with Gasteiger partial charge in [-0.25, -0.2) is 0 Å². The average Bonchev–Trinajstić information content (AvgIpc) is 3.08. The summed E-state index contributed by atoms with van der Waals surface area (Å²) >= 11 is 6.74. The van der Waals surface area contributed by atoms with Crippen molar-refractivity contribution >= 4 is 23.0 Å². The molecule has 2 unspecified atom stereocenters. The number of hydrogen-bond acceptors (Lipinski definition) is 1. The van der Waals surface area contributed by atoms with Crippen LogP contribution < -0.4 is 4.90 Å². The van der Waals surface area contributed by atoms with Crippen molar-refractivity contribution in [3.8, 4) is 22.3 Å². The van der Waals surface area contributed by atoms with Gasteiger partial charge in [-0.15, -0.1) is 0 Å². The summed E-state index contributed by atoms with van der Waals surface area (Å²) < 4.78 is 0. The zero-order chi connectivity index (χ0) is 23.3. The molecule has 4 aromatic carbocycles. The van der Waals surface area contributed by atoms with E-state index in [1.54, 1.807) is 0 Å². The molecule has 2 heteroatoms. The smallest absolute Gasteiger partial charge is 0.0517 e. The van der Waals surface area contributed by atoms with E-state index in [2.05, 4.69) is 116 Å². The lowest BCUT2D eigenvalue weighted by Crippen LogP contribution is -2.54. The van der Waals surface area contributed by atoms with E-state index >= 15 is 0 Å². The van der Waals surface area contributed by atoms with Crippen LogP contribution in [0.5, 0.6) is 0 Å². The van der Waals surface area contributed by atoms with E-state index in [1.165, 1.54) is 64.9 Å². The Kier molecular flexibility index (Phi) is 5.08. The van der Waals surface area contributed by atoms with E-state index in [0.717, 1.165) is 5.02 Å². The van der Waals surface area contributed by atoms with Crippen molar-refractivity contribution < 1.29 is 0 Å². The third-order valence-electron chi connectivity index (χ3n) is 8.46. The Morgan fingerprint density at radius 1 is 0.647 bits per heavy atom. The monoisotopic (exact) mass is 463 g/mol. The fourth-order valence-corrected chi connectivity index (χ4v) is 6.68. The van der Waals surface area contributed by atoms with Crippen molar-refractivity contribution in [3.05, 3.63) is 108 Å². The predicted molar refractivity (Wildman–Crippen MR) is 145 cm³/mol. The van der Waals surface area contributed by atoms with E-state index < -0.39 is 0 Å². The Morgan fingerprint density at radius 3 is 2.00 bits per heavy atom. The van der Waals surface area contributed by atoms with Crippen LogP contribution in [0.2, 0.25) is 5.02 Å². The molecule has 1 fully saturated rings. The zero-order valence-electron chi connectivity index (χ0n) is 19.9. The van der Waals surface area contributed by atoms with Gasteiger partial charge in [0.1, 0.15) is 0 Å². The third-order valence-corrected chi connectivity index (χ3v) is 8.68. The third kappa shape index (κ3) is 3.21. The van der Waals surface area contributed by atoms with Crippen LogP contribution in [-0.2, 0) is 5.41 Å². The number of hydrogen-bond donors (Lipinski definition) is 0. The summed E-state index contributed by atoms with van der Waals surface area (Å²) in [7, 11) is 0. The average molecular weight is 464 g/mol. The van der Waals surface area contributed by atoms with Crippen LogP contribution in [0.15, 0.2) is 97.1 Å². The largest absolute Gasteiger partial charge is 0.334 e. The van der Waals surface area contributed by atoms with Crippen molar-refractivity contribution in [2.24, 2.45) is 0 Å². The lowest BCUT2D eigenvalue weighted by atomic mass is 9.61. The van der Waals surface area contributed by atoms with Crippen LogP contribution >= 0.6 is 11.6 Å². The number of halogens is 1. The maximum Gasteiger partial charge on any atom is 0.0517 e. The summed E-state index contributed by atoms with van der Waals surface area (Å²) in [6, 6.07) is 34.9. The van der Waals surface area contributed by atoms with Crippen LogP contribution in [-0.4, -0.2) is 5.54 Å². The fraction of sp³-hybridized carbons (Fsp3) is 0.250. The van der Waals surface area contributed by atoms with Gasteiger partial charge in [-0.1, -0.05) is 98.1 Å². The molecular formula is C32H30ClN. The first-order valence-electron chi connectivity index (χ1n) is 12.4. The molecule has 0 aromatic heterocycles. The second-order valence-electron chi connectivity index (χ2n) is 10.3. The molecule has 0 N–H and O–H groups in total. The molecule has 0 saturated heterocycles. The normalized spacial score (nSPS) is 23.4. The van der Waals surface area contributed by atoms with Gasteiger partial charge < -0.3 is 4.90 Å². The molecule has 34 heavy (non-hydrogen) atoms. The molecule has 2 aliphatic rings. The molecule has 0 amide bonds. The minimum atomic E-state index is 0.00152. The van der Waals surface area contributed by atoms with Crippen LogP contribution in [0.3, 0.4) is 0 Å². The van der Waals surface area contributed by atoms with Gasteiger partial charge in [-0.3, -0.25) is 0 Å². The van der Waals surface area contributed by atoms with Crippen LogP contribution in [0.25, 0.3) is 22.3 Å². The first kappa shape index (κ1) is 21.5. The van der Waals surface area contributed by atoms with Gasteiger partial charge in [0.05, 0.1) is 5.54 Å². The topological polar surface area (TPSA) is 3.24 Å². The molecule has 1 saturated carbocycles. The molecule has 1 nitrogen and oxygen atoms in total. The summed E-state index contributed by atoms with van der Waals surface area (Å²) in [5.74, 6) is 0. The molecule has 0 bridgehead atoms. The highest BCUT2D eigenvalue weighted by Crippen LogP contribution is 2.61. The van der Waals surface area contributed by atoms with Gasteiger partial charge in [0.25, 0.3) is 0 Å². The van der Waals surface area contributed by atoms with E-state index in [9.17, 15) is 0 Å². The molecule has 0 radical (unpaired) electrons. The predicted octanol–water partition coefficient (Wildman–Crippen LogP) is 9.42. The second kappa shape index (κ2) is 8.03. The Bertz CT molecular complexity index is 1350. The molecule has 2 atom stereocenters. The van der Waals surface area contributed by atoms with Crippen molar-refractivity contribution in [2.75, 3.05) is 4.90 Å². The Labute approximate surface area is 208 Å². The molecule has 1 heterocycles. The zero-order valence-corrected chi connectivity index (χ0v) is 20.6. The highest BCUT2D eigenvalue weighted by Gasteiger charge is 2.57. The lowest BCUT2D eigenvalue weighted by molar-refractivity contribution is 0.195. The van der Waals surface area contributed by atoms with Gasteiger partial charge >= 0.3 is 0 Å². The highest BCUT2D eigenvalue weighted by molar-refractivity contribution is 6.31. The number of rotatable bonds is 3. The summed E-state index contributed by atoms with van der Waals surface area (Å²) in [6.07, 6.45) is 4.91. The maximum absolute atomic E-state index is 6.74. The lowest BCUT2D eigenvalue weighted by Gasteiger charge is -2.50. The van der Waals surface area contributed by atoms with E-state index in [4.69, 9.17) is 11.6 Å². The van der Waals surface area contributed by atoms with Crippen LogP contribution in [0, 0.1) is 0 Å². The van der Waals surface area contributed by atoms with Gasteiger partial charge in [0.2, 0.25) is 0 Å². The van der Waals surface area contributed by atoms with Gasteiger partial charge in [0.15, 0.2) is 0 Å². The summed E-state index contributed by atoms with van der Waals surface area (Å²) in [5.41, 5.74) is 9.01. The van der Waals surface area contributed by atoms with Crippen molar-refractivity contribution in [1.29, 1.82) is 0 Å². The van der Waals surface area contributed by atoms with E-state index in [1.807, 2.05) is 0 Å². The first-order valence-corrected chi connectivity index (χ1v) is 12.7. The van der Waals surface area contributed by atoms with E-state index in [0.29, 0.717) is 0 Å². The Morgan fingerprint density at radius 2 is 1.29 bits per heavy atom. The van der Waals surface area contributed by atoms with Crippen molar-refractivity contribution in [3.63, 3.8) is 0 Å². The Hall–Kier alpha value is -3.03. The molecule has 170 valence electrons. The SMILES string of the molecule is CC12CCCCC1(C)N(c1cc(Cl)cc(-c3ccccc3)c1)c1ccc(-c3ccccc3)cc12. The van der Waals surface area contributed by atoms with E-state index in [-0.39, 0.29) is 11.0 Å². The minimum Gasteiger partial charge on any atom is -0.334 e. The number of anilines is 2. The van der Waals surface area contributed by atoms with Gasteiger partial charge in [0, 0.05) is 21.8 Å². The molecule has 1 aliphatic carbocycles. The van der Waals surface area contributed by atoms with Crippen LogP contribution in [0.1, 0.15) is 45.1 Å². The molecular weight excluding hydrogens is 434 g/mol. The van der Waals surface area contributed by atoms with Crippen molar-refractivity contribution in [2.45, 2.75) is 50.5 Å². The number of benzene rings is 4. The van der Waals surface area contributed by atoms with Gasteiger partial charge in [-0.05, 0) is 77.9 Å². The first-order chi connectivity index (χ1) is 16.5. The fourth-order valence-electron chi connectivity index (χ4n) is 6.45. The molecule has 1 aliphatic heterocycles. The molecule has 6 rings (SSSR count). The quantitative estimate of drug-likeness (QED) is 0.292.